The molecule has 0 bridgehead atoms. The van der Waals surface area contributed by atoms with Crippen molar-refractivity contribution < 1.29 is 4.79 Å². The van der Waals surface area contributed by atoms with E-state index in [1.54, 1.807) is 0 Å². The molecule has 2 rings (SSSR count). The Morgan fingerprint density at radius 3 is 2.67 bits per heavy atom. The van der Waals surface area contributed by atoms with Crippen molar-refractivity contribution in [3.05, 3.63) is 35.9 Å². The first-order valence-electron chi connectivity index (χ1n) is 6.40. The number of nitrogens with one attached hydrogen (secondary N) is 1. The number of hydrogen-bond donors (Lipinski definition) is 1. The Bertz CT molecular complexity index is 393. The number of benzene rings is 1. The van der Waals surface area contributed by atoms with Crippen molar-refractivity contribution in [3.63, 3.8) is 0 Å². The lowest BCUT2D eigenvalue weighted by Gasteiger charge is -2.39. The lowest BCUT2D eigenvalue weighted by atomic mass is 10.1. The molecular weight excluding hydrogens is 226 g/mol. The predicted molar refractivity (Wildman–Crippen MR) is 72.2 cm³/mol. The SMILES string of the molecule is CNCC1C(=O)N(C)CCN1Cc1ccccc1. The Morgan fingerprint density at radius 2 is 2.00 bits per heavy atom. The Balaban J connectivity index is 2.08. The number of piperazine rings is 1. The number of nitrogens with zero attached hydrogens (tertiary/aromatic N) is 2. The zero-order valence-electron chi connectivity index (χ0n) is 11.1. The molecule has 98 valence electrons. The quantitative estimate of drug-likeness (QED) is 0.844. The second kappa shape index (κ2) is 5.98. The first kappa shape index (κ1) is 13.1. The fourth-order valence-corrected chi connectivity index (χ4v) is 2.37. The van der Waals surface area contributed by atoms with Gasteiger partial charge in [0.25, 0.3) is 0 Å². The number of carbonyl (C=O) groups is 1. The summed E-state index contributed by atoms with van der Waals surface area (Å²) < 4.78 is 0. The fraction of sp³-hybridized carbons (Fsp3) is 0.500. The molecule has 1 heterocycles. The second-order valence-electron chi connectivity index (χ2n) is 4.79. The first-order chi connectivity index (χ1) is 8.72. The van der Waals surface area contributed by atoms with Crippen LogP contribution in [0.5, 0.6) is 0 Å². The van der Waals surface area contributed by atoms with Gasteiger partial charge in [-0.15, -0.1) is 0 Å². The molecule has 1 amide bonds. The molecule has 1 aliphatic rings. The minimum Gasteiger partial charge on any atom is -0.343 e. The third-order valence-corrected chi connectivity index (χ3v) is 3.45. The van der Waals surface area contributed by atoms with Gasteiger partial charge in [-0.3, -0.25) is 9.69 Å². The zero-order chi connectivity index (χ0) is 13.0. The summed E-state index contributed by atoms with van der Waals surface area (Å²) in [5.74, 6) is 0.214. The summed E-state index contributed by atoms with van der Waals surface area (Å²) in [6.07, 6.45) is 0. The Labute approximate surface area is 109 Å². The average Bonchev–Trinajstić information content (AvgIpc) is 2.39. The van der Waals surface area contributed by atoms with Gasteiger partial charge in [0.15, 0.2) is 0 Å². The average molecular weight is 247 g/mol. The smallest absolute Gasteiger partial charge is 0.241 e. The van der Waals surface area contributed by atoms with Gasteiger partial charge in [0.2, 0.25) is 5.91 Å². The van der Waals surface area contributed by atoms with Crippen LogP contribution in [0.3, 0.4) is 0 Å². The summed E-state index contributed by atoms with van der Waals surface area (Å²) in [6.45, 7) is 3.29. The van der Waals surface area contributed by atoms with Gasteiger partial charge in [0.05, 0.1) is 0 Å². The van der Waals surface area contributed by atoms with Crippen molar-refractivity contribution in [2.75, 3.05) is 33.7 Å². The van der Waals surface area contributed by atoms with Crippen molar-refractivity contribution >= 4 is 5.91 Å². The summed E-state index contributed by atoms with van der Waals surface area (Å²) in [7, 11) is 3.77. The van der Waals surface area contributed by atoms with Crippen LogP contribution >= 0.6 is 0 Å². The molecule has 1 fully saturated rings. The van der Waals surface area contributed by atoms with Gasteiger partial charge in [-0.1, -0.05) is 30.3 Å². The Kier molecular flexibility index (Phi) is 4.33. The van der Waals surface area contributed by atoms with Crippen LogP contribution in [0.1, 0.15) is 5.56 Å². The lowest BCUT2D eigenvalue weighted by molar-refractivity contribution is -0.140. The molecule has 1 aromatic rings. The second-order valence-corrected chi connectivity index (χ2v) is 4.79. The number of amides is 1. The van der Waals surface area contributed by atoms with Gasteiger partial charge in [0, 0.05) is 33.2 Å². The number of rotatable bonds is 4. The highest BCUT2D eigenvalue weighted by atomic mass is 16.2. The summed E-state index contributed by atoms with van der Waals surface area (Å²) in [5, 5.41) is 3.11. The molecule has 1 N–H and O–H groups in total. The highest BCUT2D eigenvalue weighted by Crippen LogP contribution is 2.13. The summed E-state index contributed by atoms with van der Waals surface area (Å²) in [5.41, 5.74) is 1.26. The molecule has 18 heavy (non-hydrogen) atoms. The lowest BCUT2D eigenvalue weighted by Crippen LogP contribution is -2.58. The van der Waals surface area contributed by atoms with Gasteiger partial charge in [0.1, 0.15) is 6.04 Å². The molecule has 0 spiro atoms. The molecule has 0 aromatic heterocycles. The molecular formula is C14H21N3O. The van der Waals surface area contributed by atoms with Crippen molar-refractivity contribution in [2.45, 2.75) is 12.6 Å². The van der Waals surface area contributed by atoms with Gasteiger partial charge >= 0.3 is 0 Å². The fourth-order valence-electron chi connectivity index (χ4n) is 2.37. The molecule has 1 atom stereocenters. The summed E-state index contributed by atoms with van der Waals surface area (Å²) >= 11 is 0. The monoisotopic (exact) mass is 247 g/mol. The van der Waals surface area contributed by atoms with Crippen molar-refractivity contribution in [3.8, 4) is 0 Å². The maximum absolute atomic E-state index is 12.2. The van der Waals surface area contributed by atoms with Crippen LogP contribution in [0, 0.1) is 0 Å². The minimum absolute atomic E-state index is 0.0473. The topological polar surface area (TPSA) is 35.6 Å². The maximum atomic E-state index is 12.2. The van der Waals surface area contributed by atoms with E-state index in [-0.39, 0.29) is 11.9 Å². The predicted octanol–water partition coefficient (Wildman–Crippen LogP) is 0.549. The largest absolute Gasteiger partial charge is 0.343 e. The normalized spacial score (nSPS) is 21.3. The molecule has 0 aliphatic carbocycles. The van der Waals surface area contributed by atoms with E-state index in [9.17, 15) is 4.79 Å². The third-order valence-electron chi connectivity index (χ3n) is 3.45. The molecule has 0 saturated carbocycles. The highest BCUT2D eigenvalue weighted by molar-refractivity contribution is 5.82. The maximum Gasteiger partial charge on any atom is 0.241 e. The highest BCUT2D eigenvalue weighted by Gasteiger charge is 2.32. The number of carbonyl (C=O) groups excluding carboxylic acids is 1. The van der Waals surface area contributed by atoms with E-state index in [1.807, 2.05) is 37.2 Å². The van der Waals surface area contributed by atoms with Crippen LogP contribution in [-0.4, -0.2) is 55.5 Å². The van der Waals surface area contributed by atoms with Crippen molar-refractivity contribution in [1.82, 2.24) is 15.1 Å². The van der Waals surface area contributed by atoms with E-state index in [1.165, 1.54) is 5.56 Å². The van der Waals surface area contributed by atoms with Crippen molar-refractivity contribution in [1.29, 1.82) is 0 Å². The molecule has 1 aromatic carbocycles. The van der Waals surface area contributed by atoms with Gasteiger partial charge < -0.3 is 10.2 Å². The Morgan fingerprint density at radius 1 is 1.28 bits per heavy atom. The van der Waals surface area contributed by atoms with Gasteiger partial charge in [-0.05, 0) is 12.6 Å². The van der Waals surface area contributed by atoms with E-state index in [2.05, 4.69) is 22.3 Å². The van der Waals surface area contributed by atoms with E-state index in [0.29, 0.717) is 6.54 Å². The van der Waals surface area contributed by atoms with Crippen LogP contribution in [-0.2, 0) is 11.3 Å². The van der Waals surface area contributed by atoms with E-state index in [0.717, 1.165) is 19.6 Å². The molecule has 0 radical (unpaired) electrons. The van der Waals surface area contributed by atoms with Gasteiger partial charge in [-0.25, -0.2) is 0 Å². The van der Waals surface area contributed by atoms with Crippen LogP contribution in [0.2, 0.25) is 0 Å². The van der Waals surface area contributed by atoms with Crippen molar-refractivity contribution in [2.24, 2.45) is 0 Å². The number of likely N-dealkylation sites (N-methyl/N-ethyl adjacent to an activating group) is 2. The van der Waals surface area contributed by atoms with E-state index in [4.69, 9.17) is 0 Å². The molecule has 1 unspecified atom stereocenters. The standard InChI is InChI=1S/C14H21N3O/c1-15-10-13-14(18)16(2)8-9-17(13)11-12-6-4-3-5-7-12/h3-7,13,15H,8-11H2,1-2H3. The summed E-state index contributed by atoms with van der Waals surface area (Å²) in [6, 6.07) is 10.3. The Hall–Kier alpha value is -1.39. The van der Waals surface area contributed by atoms with Crippen LogP contribution in [0.4, 0.5) is 0 Å². The van der Waals surface area contributed by atoms with E-state index >= 15 is 0 Å². The number of hydrogen-bond acceptors (Lipinski definition) is 3. The molecule has 1 aliphatic heterocycles. The van der Waals surface area contributed by atoms with Gasteiger partial charge in [-0.2, -0.15) is 0 Å². The third kappa shape index (κ3) is 2.89. The van der Waals surface area contributed by atoms with Crippen LogP contribution in [0.15, 0.2) is 30.3 Å². The molecule has 1 saturated heterocycles. The zero-order valence-corrected chi connectivity index (χ0v) is 11.1. The molecule has 4 nitrogen and oxygen atoms in total. The summed E-state index contributed by atoms with van der Waals surface area (Å²) in [4.78, 5) is 16.2. The van der Waals surface area contributed by atoms with Crippen LogP contribution < -0.4 is 5.32 Å². The minimum atomic E-state index is -0.0473. The van der Waals surface area contributed by atoms with Crippen LogP contribution in [0.25, 0.3) is 0 Å². The molecule has 4 heteroatoms. The van der Waals surface area contributed by atoms with E-state index < -0.39 is 0 Å². The first-order valence-corrected chi connectivity index (χ1v) is 6.40.